The Hall–Kier alpha value is -4.65. The Balaban J connectivity index is 1.42. The maximum atomic E-state index is 6.67. The first-order valence-corrected chi connectivity index (χ1v) is 13.9. The van der Waals surface area contributed by atoms with Crippen molar-refractivity contribution >= 4 is 87.0 Å². The predicted octanol–water partition coefficient (Wildman–Crippen LogP) is 11.5. The van der Waals surface area contributed by atoms with Crippen LogP contribution in [0.3, 0.4) is 0 Å². The quantitative estimate of drug-likeness (QED) is 0.140. The van der Waals surface area contributed by atoms with Gasteiger partial charge in [0.05, 0.1) is 0 Å². The summed E-state index contributed by atoms with van der Waals surface area (Å²) in [6.07, 6.45) is 0. The van der Waals surface area contributed by atoms with Crippen molar-refractivity contribution in [1.29, 1.82) is 0 Å². The lowest BCUT2D eigenvalue weighted by Crippen LogP contribution is -1.88. The van der Waals surface area contributed by atoms with Gasteiger partial charge in [0.2, 0.25) is 0 Å². The zero-order valence-corrected chi connectivity index (χ0v) is 21.6. The number of hydrogen-bond acceptors (Lipinski definition) is 0. The summed E-state index contributed by atoms with van der Waals surface area (Å²) < 4.78 is 0. The van der Waals surface area contributed by atoms with E-state index in [2.05, 4.69) is 115 Å². The molecule has 1 aliphatic rings. The third kappa shape index (κ3) is 2.34. The highest BCUT2D eigenvalue weighted by atomic mass is 35.5. The van der Waals surface area contributed by atoms with Gasteiger partial charge in [-0.25, -0.2) is 0 Å². The van der Waals surface area contributed by atoms with Crippen molar-refractivity contribution < 1.29 is 0 Å². The SMILES string of the molecule is Clc1ccc2c3ccc4c5c(ccc(c6cccc1c62)c53)-c1cc2c3ccccc3c3ccccc3c2cc1-4. The van der Waals surface area contributed by atoms with E-state index < -0.39 is 0 Å². The minimum atomic E-state index is 0.811. The fourth-order valence-electron chi connectivity index (χ4n) is 7.61. The van der Waals surface area contributed by atoms with E-state index >= 15 is 0 Å². The minimum Gasteiger partial charge on any atom is -0.0837 e. The van der Waals surface area contributed by atoms with Gasteiger partial charge in [0.1, 0.15) is 0 Å². The summed E-state index contributed by atoms with van der Waals surface area (Å²) in [5.41, 5.74) is 5.34. The molecule has 1 aliphatic carbocycles. The molecule has 0 heterocycles. The molecule has 0 fully saturated rings. The minimum absolute atomic E-state index is 0.811. The largest absolute Gasteiger partial charge is 0.0837 e. The Morgan fingerprint density at radius 1 is 0.282 bits per heavy atom. The molecule has 0 amide bonds. The number of halogens is 1. The zero-order chi connectivity index (χ0) is 25.4. The zero-order valence-electron chi connectivity index (χ0n) is 20.8. The van der Waals surface area contributed by atoms with Crippen molar-refractivity contribution in [3.05, 3.63) is 120 Å². The van der Waals surface area contributed by atoms with Crippen LogP contribution < -0.4 is 0 Å². The van der Waals surface area contributed by atoms with Crippen molar-refractivity contribution in [2.75, 3.05) is 0 Å². The van der Waals surface area contributed by atoms with Crippen LogP contribution in [-0.4, -0.2) is 0 Å². The summed E-state index contributed by atoms with van der Waals surface area (Å²) >= 11 is 6.67. The van der Waals surface area contributed by atoms with Crippen molar-refractivity contribution in [2.24, 2.45) is 0 Å². The molecule has 0 saturated heterocycles. The van der Waals surface area contributed by atoms with Gasteiger partial charge in [-0.2, -0.15) is 0 Å². The highest BCUT2D eigenvalue weighted by Crippen LogP contribution is 2.54. The number of hydrogen-bond donors (Lipinski definition) is 0. The molecule has 0 atom stereocenters. The fraction of sp³-hybridized carbons (Fsp3) is 0. The molecule has 178 valence electrons. The third-order valence-corrected chi connectivity index (χ3v) is 9.52. The second kappa shape index (κ2) is 6.86. The summed E-state index contributed by atoms with van der Waals surface area (Å²) in [5.74, 6) is 0. The first kappa shape index (κ1) is 20.3. The van der Waals surface area contributed by atoms with Gasteiger partial charge >= 0.3 is 0 Å². The molecule has 0 unspecified atom stereocenters. The molecule has 9 aromatic rings. The Labute approximate surface area is 229 Å². The van der Waals surface area contributed by atoms with Gasteiger partial charge in [0.25, 0.3) is 0 Å². The average molecular weight is 511 g/mol. The van der Waals surface area contributed by atoms with Gasteiger partial charge in [0.15, 0.2) is 0 Å². The predicted molar refractivity (Wildman–Crippen MR) is 170 cm³/mol. The van der Waals surface area contributed by atoms with E-state index in [1.807, 2.05) is 0 Å². The van der Waals surface area contributed by atoms with Crippen LogP contribution in [0.2, 0.25) is 5.02 Å². The van der Waals surface area contributed by atoms with Crippen LogP contribution in [0, 0.1) is 0 Å². The van der Waals surface area contributed by atoms with Crippen LogP contribution in [0.1, 0.15) is 0 Å². The van der Waals surface area contributed by atoms with E-state index in [-0.39, 0.29) is 0 Å². The van der Waals surface area contributed by atoms with Gasteiger partial charge in [-0.05, 0) is 110 Å². The van der Waals surface area contributed by atoms with Crippen LogP contribution in [0.25, 0.3) is 97.7 Å². The Kier molecular flexibility index (Phi) is 3.57. The van der Waals surface area contributed by atoms with Crippen LogP contribution >= 0.6 is 11.6 Å². The van der Waals surface area contributed by atoms with Crippen molar-refractivity contribution in [1.82, 2.24) is 0 Å². The average Bonchev–Trinajstić information content (AvgIpc) is 3.31. The Bertz CT molecular complexity index is 2420. The van der Waals surface area contributed by atoms with E-state index in [1.165, 1.54) is 92.3 Å². The van der Waals surface area contributed by atoms with Gasteiger partial charge in [0, 0.05) is 10.4 Å². The molecule has 9 aromatic carbocycles. The summed E-state index contributed by atoms with van der Waals surface area (Å²) in [4.78, 5) is 0. The van der Waals surface area contributed by atoms with Crippen molar-refractivity contribution in [2.45, 2.75) is 0 Å². The Morgan fingerprint density at radius 3 is 1.31 bits per heavy atom. The molecule has 0 aliphatic heterocycles. The summed E-state index contributed by atoms with van der Waals surface area (Å²) in [5, 5.41) is 19.0. The van der Waals surface area contributed by atoms with Crippen LogP contribution in [0.5, 0.6) is 0 Å². The van der Waals surface area contributed by atoms with Gasteiger partial charge in [-0.1, -0.05) is 109 Å². The van der Waals surface area contributed by atoms with Crippen LogP contribution in [-0.2, 0) is 0 Å². The van der Waals surface area contributed by atoms with Crippen LogP contribution in [0.4, 0.5) is 0 Å². The second-order valence-electron chi connectivity index (χ2n) is 10.9. The summed E-state index contributed by atoms with van der Waals surface area (Å²) in [6.45, 7) is 0. The highest BCUT2D eigenvalue weighted by Gasteiger charge is 2.26. The molecule has 39 heavy (non-hydrogen) atoms. The third-order valence-electron chi connectivity index (χ3n) is 9.19. The lowest BCUT2D eigenvalue weighted by molar-refractivity contribution is 1.75. The molecule has 0 N–H and O–H groups in total. The molecular weight excluding hydrogens is 492 g/mol. The molecule has 1 heteroatoms. The summed E-state index contributed by atoms with van der Waals surface area (Å²) in [7, 11) is 0. The number of rotatable bonds is 0. The lowest BCUT2D eigenvalue weighted by atomic mass is 9.88. The van der Waals surface area contributed by atoms with Gasteiger partial charge in [-0.3, -0.25) is 0 Å². The highest BCUT2D eigenvalue weighted by molar-refractivity contribution is 6.42. The van der Waals surface area contributed by atoms with Crippen molar-refractivity contribution in [3.63, 3.8) is 0 Å². The smallest absolute Gasteiger partial charge is 0.0485 e. The first-order chi connectivity index (χ1) is 19.3. The lowest BCUT2D eigenvalue weighted by Gasteiger charge is -2.16. The van der Waals surface area contributed by atoms with E-state index in [0.717, 1.165) is 10.4 Å². The molecule has 0 bridgehead atoms. The molecule has 0 saturated carbocycles. The number of benzene rings is 9. The van der Waals surface area contributed by atoms with E-state index in [0.29, 0.717) is 0 Å². The van der Waals surface area contributed by atoms with Gasteiger partial charge < -0.3 is 0 Å². The maximum absolute atomic E-state index is 6.67. The molecular formula is C38H19Cl. The van der Waals surface area contributed by atoms with Crippen molar-refractivity contribution in [3.8, 4) is 22.3 Å². The molecule has 0 radical (unpaired) electrons. The number of fused-ring (bicyclic) bond motifs is 11. The van der Waals surface area contributed by atoms with Gasteiger partial charge in [-0.15, -0.1) is 0 Å². The first-order valence-electron chi connectivity index (χ1n) is 13.5. The van der Waals surface area contributed by atoms with E-state index in [4.69, 9.17) is 11.6 Å². The maximum Gasteiger partial charge on any atom is 0.0485 e. The second-order valence-corrected chi connectivity index (χ2v) is 11.3. The summed E-state index contributed by atoms with van der Waals surface area (Å²) in [6, 6.07) is 42.7. The van der Waals surface area contributed by atoms with E-state index in [1.54, 1.807) is 0 Å². The van der Waals surface area contributed by atoms with Crippen LogP contribution in [0.15, 0.2) is 115 Å². The topological polar surface area (TPSA) is 0 Å². The Morgan fingerprint density at radius 2 is 0.718 bits per heavy atom. The normalized spacial score (nSPS) is 12.7. The fourth-order valence-corrected chi connectivity index (χ4v) is 7.83. The monoisotopic (exact) mass is 510 g/mol. The molecule has 0 spiro atoms. The molecule has 0 aromatic heterocycles. The molecule has 0 nitrogen and oxygen atoms in total. The van der Waals surface area contributed by atoms with E-state index in [9.17, 15) is 0 Å². The standard InChI is InChI=1S/C38H19Cl/c39-35-17-16-25-27-13-15-29-34-19-32-23-9-4-2-7-21(23)20-6-1-3-8-22(20)31(32)18-33(34)28-14-12-26(37(27)38(28)29)24-10-5-11-30(35)36(24)25/h1-19H. The molecule has 10 rings (SSSR count).